The minimum Gasteiger partial charge on any atom is -0.507 e. The van der Waals surface area contributed by atoms with Crippen molar-refractivity contribution in [3.8, 4) is 34.5 Å². The number of rotatable bonds is 3. The second-order valence-corrected chi connectivity index (χ2v) is 7.91. The van der Waals surface area contributed by atoms with Crippen molar-refractivity contribution in [3.05, 3.63) is 47.0 Å². The second-order valence-electron chi connectivity index (χ2n) is 7.91. The van der Waals surface area contributed by atoms with Crippen LogP contribution in [0.5, 0.6) is 34.5 Å². The third-order valence-electron chi connectivity index (χ3n) is 6.02. The molecule has 4 atom stereocenters. The van der Waals surface area contributed by atoms with Crippen molar-refractivity contribution < 1.29 is 38.7 Å². The number of hydrogen-bond acceptors (Lipinski definition) is 8. The van der Waals surface area contributed by atoms with Crippen LogP contribution in [0.3, 0.4) is 0 Å². The van der Waals surface area contributed by atoms with Crippen LogP contribution in [0.2, 0.25) is 0 Å². The van der Waals surface area contributed by atoms with E-state index in [1.807, 2.05) is 6.92 Å². The van der Waals surface area contributed by atoms with Crippen LogP contribution < -0.4 is 23.7 Å². The average molecular weight is 426 g/mol. The van der Waals surface area contributed by atoms with E-state index in [2.05, 4.69) is 6.58 Å². The van der Waals surface area contributed by atoms with Crippen LogP contribution in [-0.2, 0) is 6.42 Å². The van der Waals surface area contributed by atoms with E-state index in [4.69, 9.17) is 23.7 Å². The number of hydrogen-bond donors (Lipinski definition) is 2. The lowest BCUT2D eigenvalue weighted by atomic mass is 9.80. The molecule has 5 rings (SSSR count). The number of ketones is 1. The summed E-state index contributed by atoms with van der Waals surface area (Å²) in [6.45, 7) is 5.77. The molecule has 8 heteroatoms. The number of aliphatic hydroxyl groups is 1. The fraction of sp³-hybridized carbons (Fsp3) is 0.348. The molecule has 3 aliphatic rings. The van der Waals surface area contributed by atoms with E-state index in [9.17, 15) is 15.0 Å². The first-order valence-electron chi connectivity index (χ1n) is 9.86. The van der Waals surface area contributed by atoms with Crippen LogP contribution in [0.4, 0.5) is 0 Å². The molecule has 0 amide bonds. The number of aromatic hydroxyl groups is 1. The Bertz CT molecular complexity index is 1120. The third-order valence-corrected chi connectivity index (χ3v) is 6.02. The molecular weight excluding hydrogens is 404 g/mol. The van der Waals surface area contributed by atoms with Crippen LogP contribution in [0, 0.1) is 0 Å². The summed E-state index contributed by atoms with van der Waals surface area (Å²) in [5.41, 5.74) is 2.04. The number of benzene rings is 2. The average Bonchev–Trinajstić information content (AvgIpc) is 3.17. The van der Waals surface area contributed by atoms with Gasteiger partial charge in [0.15, 0.2) is 23.4 Å². The van der Waals surface area contributed by atoms with Crippen molar-refractivity contribution in [2.24, 2.45) is 0 Å². The molecule has 0 saturated heterocycles. The molecule has 3 heterocycles. The summed E-state index contributed by atoms with van der Waals surface area (Å²) in [7, 11) is 2.97. The number of aliphatic hydroxyl groups excluding tert-OH is 1. The molecule has 0 fully saturated rings. The Morgan fingerprint density at radius 1 is 1.10 bits per heavy atom. The van der Waals surface area contributed by atoms with Crippen LogP contribution in [0.1, 0.15) is 34.3 Å². The lowest BCUT2D eigenvalue weighted by Gasteiger charge is -2.40. The maximum Gasteiger partial charge on any atom is 0.235 e. The molecule has 162 valence electrons. The zero-order valence-corrected chi connectivity index (χ0v) is 17.3. The first kappa shape index (κ1) is 19.6. The highest BCUT2D eigenvalue weighted by Crippen LogP contribution is 2.53. The number of methoxy groups -OCH3 is 2. The van der Waals surface area contributed by atoms with Gasteiger partial charge < -0.3 is 33.9 Å². The zero-order valence-electron chi connectivity index (χ0n) is 17.3. The Morgan fingerprint density at radius 3 is 2.48 bits per heavy atom. The molecule has 8 nitrogen and oxygen atoms in total. The van der Waals surface area contributed by atoms with E-state index >= 15 is 0 Å². The van der Waals surface area contributed by atoms with Gasteiger partial charge in [-0.2, -0.15) is 0 Å². The molecule has 3 aliphatic heterocycles. The lowest BCUT2D eigenvalue weighted by molar-refractivity contribution is -0.112. The number of ether oxygens (including phenoxy) is 5. The van der Waals surface area contributed by atoms with Gasteiger partial charge in [-0.1, -0.05) is 6.58 Å². The van der Waals surface area contributed by atoms with Crippen LogP contribution in [-0.4, -0.2) is 48.7 Å². The van der Waals surface area contributed by atoms with Crippen molar-refractivity contribution in [1.82, 2.24) is 0 Å². The highest BCUT2D eigenvalue weighted by Gasteiger charge is 2.50. The number of phenols is 1. The van der Waals surface area contributed by atoms with E-state index in [0.29, 0.717) is 34.8 Å². The van der Waals surface area contributed by atoms with Gasteiger partial charge in [0.25, 0.3) is 0 Å². The maximum absolute atomic E-state index is 13.6. The summed E-state index contributed by atoms with van der Waals surface area (Å²) in [6, 6.07) is 4.63. The van der Waals surface area contributed by atoms with Gasteiger partial charge in [0, 0.05) is 29.7 Å². The van der Waals surface area contributed by atoms with Crippen LogP contribution in [0.15, 0.2) is 30.4 Å². The van der Waals surface area contributed by atoms with Gasteiger partial charge in [-0.25, -0.2) is 0 Å². The summed E-state index contributed by atoms with van der Waals surface area (Å²) in [4.78, 5) is 13.6. The molecule has 2 N–H and O–H groups in total. The highest BCUT2D eigenvalue weighted by atomic mass is 16.6. The largest absolute Gasteiger partial charge is 0.507 e. The summed E-state index contributed by atoms with van der Waals surface area (Å²) >= 11 is 0. The van der Waals surface area contributed by atoms with Crippen molar-refractivity contribution in [1.29, 1.82) is 0 Å². The van der Waals surface area contributed by atoms with Gasteiger partial charge >= 0.3 is 0 Å². The number of Topliss-reactive ketones (excluding diaryl/α,β-unsaturated/α-hetero) is 1. The van der Waals surface area contributed by atoms with E-state index in [0.717, 1.165) is 5.57 Å². The SMILES string of the molecule is C=C(C)C1Cc2c(cc(O)c3c2OC2C(O)Oc4cc(OC)c(OC)cc4C2C3=O)O1. The zero-order chi connectivity index (χ0) is 22.0. The summed E-state index contributed by atoms with van der Waals surface area (Å²) in [5, 5.41) is 21.3. The summed E-state index contributed by atoms with van der Waals surface area (Å²) in [5.74, 6) is 0.260. The minimum atomic E-state index is -1.40. The molecule has 0 saturated carbocycles. The van der Waals surface area contributed by atoms with Crippen molar-refractivity contribution in [2.75, 3.05) is 14.2 Å². The summed E-state index contributed by atoms with van der Waals surface area (Å²) in [6.07, 6.45) is -2.22. The molecule has 2 aromatic carbocycles. The molecule has 0 aliphatic carbocycles. The Morgan fingerprint density at radius 2 is 1.81 bits per heavy atom. The van der Waals surface area contributed by atoms with E-state index in [1.54, 1.807) is 12.1 Å². The number of fused-ring (bicyclic) bond motifs is 6. The molecule has 0 bridgehead atoms. The number of carbonyl (C=O) groups excluding carboxylic acids is 1. The first-order chi connectivity index (χ1) is 14.8. The Labute approximate surface area is 178 Å². The fourth-order valence-corrected chi connectivity index (χ4v) is 4.45. The van der Waals surface area contributed by atoms with Gasteiger partial charge in [0.1, 0.15) is 34.7 Å². The quantitative estimate of drug-likeness (QED) is 0.722. The van der Waals surface area contributed by atoms with E-state index in [1.165, 1.54) is 20.3 Å². The monoisotopic (exact) mass is 426 g/mol. The highest BCUT2D eigenvalue weighted by molar-refractivity contribution is 6.08. The molecule has 31 heavy (non-hydrogen) atoms. The van der Waals surface area contributed by atoms with Gasteiger partial charge in [0.2, 0.25) is 6.29 Å². The van der Waals surface area contributed by atoms with E-state index < -0.39 is 18.3 Å². The predicted molar refractivity (Wildman–Crippen MR) is 109 cm³/mol. The first-order valence-corrected chi connectivity index (χ1v) is 9.86. The Hall–Kier alpha value is -3.39. The standard InChI is InChI=1S/C23H22O8/c1-9(2)13-6-11-14(29-13)7-12(24)19-20(25)18-10-5-16(27-3)17(28-4)8-15(10)30-23(26)22(18)31-21(11)19/h5,7-8,13,18,22-24,26H,1,6H2,2-4H3. The normalized spacial score (nSPS) is 25.1. The smallest absolute Gasteiger partial charge is 0.235 e. The lowest BCUT2D eigenvalue weighted by Crippen LogP contribution is -2.49. The van der Waals surface area contributed by atoms with Crippen LogP contribution in [0.25, 0.3) is 0 Å². The topological polar surface area (TPSA) is 104 Å². The fourth-order valence-electron chi connectivity index (χ4n) is 4.45. The van der Waals surface area contributed by atoms with E-state index in [-0.39, 0.29) is 34.7 Å². The molecule has 2 aromatic rings. The Kier molecular flexibility index (Phi) is 4.30. The summed E-state index contributed by atoms with van der Waals surface area (Å²) < 4.78 is 28.3. The van der Waals surface area contributed by atoms with Crippen molar-refractivity contribution in [2.45, 2.75) is 37.8 Å². The van der Waals surface area contributed by atoms with Gasteiger partial charge in [-0.05, 0) is 18.6 Å². The second kappa shape index (κ2) is 6.81. The molecule has 0 radical (unpaired) electrons. The minimum absolute atomic E-state index is 0.0702. The Balaban J connectivity index is 1.65. The van der Waals surface area contributed by atoms with Crippen LogP contribution >= 0.6 is 0 Å². The van der Waals surface area contributed by atoms with Crippen molar-refractivity contribution >= 4 is 5.78 Å². The molecule has 0 spiro atoms. The maximum atomic E-state index is 13.6. The molecule has 0 aromatic heterocycles. The number of carbonyl (C=O) groups is 1. The molecule has 4 unspecified atom stereocenters. The number of phenolic OH excluding ortho intramolecular Hbond substituents is 1. The van der Waals surface area contributed by atoms with Crippen molar-refractivity contribution in [3.63, 3.8) is 0 Å². The van der Waals surface area contributed by atoms with Gasteiger partial charge in [0.05, 0.1) is 20.1 Å². The third kappa shape index (κ3) is 2.75. The predicted octanol–water partition coefficient (Wildman–Crippen LogP) is 2.73. The van der Waals surface area contributed by atoms with Gasteiger partial charge in [-0.3, -0.25) is 4.79 Å². The van der Waals surface area contributed by atoms with Gasteiger partial charge in [-0.15, -0.1) is 0 Å². The molecular formula is C23H22O8.